The minimum Gasteiger partial charge on any atom is -0.497 e. The van der Waals surface area contributed by atoms with Crippen molar-refractivity contribution in [3.63, 3.8) is 0 Å². The van der Waals surface area contributed by atoms with Gasteiger partial charge in [0.15, 0.2) is 5.96 Å². The molecule has 0 bridgehead atoms. The van der Waals surface area contributed by atoms with Gasteiger partial charge in [0, 0.05) is 19.7 Å². The fourth-order valence-corrected chi connectivity index (χ4v) is 2.63. The predicted molar refractivity (Wildman–Crippen MR) is 122 cm³/mol. The Hall–Kier alpha value is -1.06. The second kappa shape index (κ2) is 14.9. The number of halogens is 1. The van der Waals surface area contributed by atoms with E-state index in [0.29, 0.717) is 11.9 Å². The van der Waals surface area contributed by atoms with Gasteiger partial charge in [0.05, 0.1) is 25.9 Å². The van der Waals surface area contributed by atoms with Crippen LogP contribution in [0.4, 0.5) is 0 Å². The van der Waals surface area contributed by atoms with Crippen molar-refractivity contribution in [3.05, 3.63) is 29.8 Å². The molecule has 1 aromatic rings. The first-order chi connectivity index (χ1) is 12.5. The van der Waals surface area contributed by atoms with E-state index in [1.54, 1.807) is 7.11 Å². The van der Waals surface area contributed by atoms with E-state index < -0.39 is 6.10 Å². The molecule has 2 atom stereocenters. The number of nitrogens with one attached hydrogen (secondary N) is 2. The van der Waals surface area contributed by atoms with E-state index in [-0.39, 0.29) is 36.6 Å². The fraction of sp³-hybridized carbons (Fsp3) is 0.650. The number of hydrogen-bond donors (Lipinski definition) is 3. The van der Waals surface area contributed by atoms with Gasteiger partial charge in [-0.2, -0.15) is 0 Å². The molecule has 0 aliphatic carbocycles. The molecule has 2 unspecified atom stereocenters. The van der Waals surface area contributed by atoms with Crippen molar-refractivity contribution in [2.75, 3.05) is 33.4 Å². The summed E-state index contributed by atoms with van der Waals surface area (Å²) in [5.74, 6) is 1.91. The molecule has 27 heavy (non-hydrogen) atoms. The van der Waals surface area contributed by atoms with Crippen LogP contribution < -0.4 is 15.4 Å². The molecule has 1 rings (SSSR count). The number of nitrogens with zero attached hydrogens (tertiary/aromatic N) is 1. The highest BCUT2D eigenvalue weighted by Gasteiger charge is 2.13. The topological polar surface area (TPSA) is 75.1 Å². The van der Waals surface area contributed by atoms with Gasteiger partial charge in [0.1, 0.15) is 5.75 Å². The Labute approximate surface area is 181 Å². The molecule has 0 aliphatic rings. The molecule has 0 spiro atoms. The van der Waals surface area contributed by atoms with Crippen molar-refractivity contribution in [2.24, 2.45) is 10.9 Å². The molecule has 0 aliphatic heterocycles. The first-order valence-electron chi connectivity index (χ1n) is 9.47. The van der Waals surface area contributed by atoms with Gasteiger partial charge in [0.25, 0.3) is 0 Å². The van der Waals surface area contributed by atoms with E-state index in [1.165, 1.54) is 0 Å². The highest BCUT2D eigenvalue weighted by Crippen LogP contribution is 2.19. The third kappa shape index (κ3) is 10.2. The van der Waals surface area contributed by atoms with Gasteiger partial charge in [-0.3, -0.25) is 4.99 Å². The van der Waals surface area contributed by atoms with E-state index in [1.807, 2.05) is 38.1 Å². The Morgan fingerprint density at radius 3 is 2.56 bits per heavy atom. The Balaban J connectivity index is 0.00000676. The molecule has 0 radical (unpaired) electrons. The van der Waals surface area contributed by atoms with Crippen molar-refractivity contribution in [2.45, 2.75) is 46.3 Å². The highest BCUT2D eigenvalue weighted by molar-refractivity contribution is 14.0. The molecule has 3 N–H and O–H groups in total. The van der Waals surface area contributed by atoms with Crippen LogP contribution in [0, 0.1) is 5.92 Å². The molecule has 0 saturated carbocycles. The number of guanidine groups is 1. The van der Waals surface area contributed by atoms with Crippen molar-refractivity contribution in [3.8, 4) is 5.75 Å². The second-order valence-corrected chi connectivity index (χ2v) is 6.47. The van der Waals surface area contributed by atoms with Crippen molar-refractivity contribution in [1.82, 2.24) is 10.6 Å². The lowest BCUT2D eigenvalue weighted by molar-refractivity contribution is 0.0258. The maximum absolute atomic E-state index is 10.4. The molecule has 0 heterocycles. The van der Waals surface area contributed by atoms with Gasteiger partial charge in [-0.1, -0.05) is 26.0 Å². The molecule has 6 nitrogen and oxygen atoms in total. The summed E-state index contributed by atoms with van der Waals surface area (Å²) in [5.41, 5.74) is 0.792. The standard InChI is InChI=1S/C20H35N3O3.HI/c1-6-21-20(22-12-11-19(15(3)4)26-7-2)23-14-18(24)16-9-8-10-17(13-16)25-5;/h8-10,13,15,18-19,24H,6-7,11-12,14H2,1-5H3,(H2,21,22,23);1H. The van der Waals surface area contributed by atoms with Gasteiger partial charge in [-0.25, -0.2) is 0 Å². The van der Waals surface area contributed by atoms with E-state index in [4.69, 9.17) is 9.47 Å². The van der Waals surface area contributed by atoms with Gasteiger partial charge in [-0.15, -0.1) is 24.0 Å². The number of ether oxygens (including phenoxy) is 2. The van der Waals surface area contributed by atoms with Crippen LogP contribution >= 0.6 is 24.0 Å². The summed E-state index contributed by atoms with van der Waals surface area (Å²) >= 11 is 0. The number of benzene rings is 1. The molecule has 0 fully saturated rings. The van der Waals surface area contributed by atoms with Gasteiger partial charge < -0.3 is 25.2 Å². The highest BCUT2D eigenvalue weighted by atomic mass is 127. The summed E-state index contributed by atoms with van der Waals surface area (Å²) in [5, 5.41) is 16.9. The average molecular weight is 493 g/mol. The Kier molecular flexibility index (Phi) is 14.3. The number of hydrogen-bond acceptors (Lipinski definition) is 4. The summed E-state index contributed by atoms with van der Waals surface area (Å²) in [6, 6.07) is 7.42. The van der Waals surface area contributed by atoms with E-state index >= 15 is 0 Å². The van der Waals surface area contributed by atoms with Crippen LogP contribution in [0.3, 0.4) is 0 Å². The zero-order valence-electron chi connectivity index (χ0n) is 17.2. The van der Waals surface area contributed by atoms with Crippen molar-refractivity contribution >= 4 is 29.9 Å². The lowest BCUT2D eigenvalue weighted by Gasteiger charge is -2.21. The second-order valence-electron chi connectivity index (χ2n) is 6.47. The molecule has 0 saturated heterocycles. The van der Waals surface area contributed by atoms with E-state index in [9.17, 15) is 5.11 Å². The summed E-state index contributed by atoms with van der Waals surface area (Å²) in [6.07, 6.45) is 0.471. The van der Waals surface area contributed by atoms with Crippen LogP contribution in [-0.4, -0.2) is 50.5 Å². The lowest BCUT2D eigenvalue weighted by Crippen LogP contribution is -2.39. The Bertz CT molecular complexity index is 541. The smallest absolute Gasteiger partial charge is 0.191 e. The summed E-state index contributed by atoms with van der Waals surface area (Å²) in [7, 11) is 1.61. The quantitative estimate of drug-likeness (QED) is 0.251. The molecule has 156 valence electrons. The number of rotatable bonds is 11. The molecule has 1 aromatic carbocycles. The van der Waals surface area contributed by atoms with Crippen molar-refractivity contribution < 1.29 is 14.6 Å². The number of methoxy groups -OCH3 is 1. The van der Waals surface area contributed by atoms with Gasteiger partial charge >= 0.3 is 0 Å². The number of aliphatic hydroxyl groups is 1. The number of aliphatic imine (C=N–C) groups is 1. The maximum Gasteiger partial charge on any atom is 0.191 e. The van der Waals surface area contributed by atoms with Crippen LogP contribution in [0.1, 0.15) is 45.8 Å². The zero-order valence-corrected chi connectivity index (χ0v) is 19.5. The van der Waals surface area contributed by atoms with E-state index in [0.717, 1.165) is 37.4 Å². The largest absolute Gasteiger partial charge is 0.497 e. The van der Waals surface area contributed by atoms with Crippen LogP contribution in [-0.2, 0) is 4.74 Å². The number of aliphatic hydroxyl groups excluding tert-OH is 1. The van der Waals surface area contributed by atoms with Gasteiger partial charge in [-0.05, 0) is 43.9 Å². The Morgan fingerprint density at radius 2 is 1.96 bits per heavy atom. The fourth-order valence-electron chi connectivity index (χ4n) is 2.63. The van der Waals surface area contributed by atoms with Crippen LogP contribution in [0.25, 0.3) is 0 Å². The first-order valence-corrected chi connectivity index (χ1v) is 9.47. The molecular weight excluding hydrogens is 457 g/mol. The van der Waals surface area contributed by atoms with Crippen LogP contribution in [0.5, 0.6) is 5.75 Å². The summed E-state index contributed by atoms with van der Waals surface area (Å²) in [6.45, 7) is 10.9. The minimum atomic E-state index is -0.674. The minimum absolute atomic E-state index is 0. The SMILES string of the molecule is CCNC(=NCC(O)c1cccc(OC)c1)NCCC(OCC)C(C)C.I. The molecule has 0 aromatic heterocycles. The molecule has 0 amide bonds. The average Bonchev–Trinajstić information content (AvgIpc) is 2.64. The third-order valence-corrected chi connectivity index (χ3v) is 4.09. The van der Waals surface area contributed by atoms with E-state index in [2.05, 4.69) is 29.5 Å². The normalized spacial score (nSPS) is 13.7. The Morgan fingerprint density at radius 1 is 1.22 bits per heavy atom. The van der Waals surface area contributed by atoms with Crippen LogP contribution in [0.2, 0.25) is 0 Å². The maximum atomic E-state index is 10.4. The van der Waals surface area contributed by atoms with Crippen LogP contribution in [0.15, 0.2) is 29.3 Å². The molecule has 7 heteroatoms. The zero-order chi connectivity index (χ0) is 19.4. The summed E-state index contributed by atoms with van der Waals surface area (Å²) < 4.78 is 11.0. The van der Waals surface area contributed by atoms with Crippen molar-refractivity contribution in [1.29, 1.82) is 0 Å². The third-order valence-electron chi connectivity index (χ3n) is 4.09. The lowest BCUT2D eigenvalue weighted by atomic mass is 10.0. The molecular formula is C20H36IN3O3. The monoisotopic (exact) mass is 493 g/mol. The first kappa shape index (κ1) is 25.9. The predicted octanol–water partition coefficient (Wildman–Crippen LogP) is 3.35. The summed E-state index contributed by atoms with van der Waals surface area (Å²) in [4.78, 5) is 4.50. The van der Waals surface area contributed by atoms with Gasteiger partial charge in [0.2, 0.25) is 0 Å².